The van der Waals surface area contributed by atoms with Gasteiger partial charge in [-0.3, -0.25) is 4.79 Å². The lowest BCUT2D eigenvalue weighted by atomic mass is 9.85. The average molecular weight is 218 g/mol. The van der Waals surface area contributed by atoms with Crippen LogP contribution in [0, 0.1) is 5.92 Å². The Labute approximate surface area is 85.8 Å². The molecule has 0 spiro atoms. The van der Waals surface area contributed by atoms with Crippen LogP contribution in [0.4, 0.5) is 0 Å². The van der Waals surface area contributed by atoms with Crippen LogP contribution in [0.3, 0.4) is 0 Å². The number of rotatable bonds is 3. The molecule has 0 aromatic heterocycles. The molecule has 0 saturated heterocycles. The average Bonchev–Trinajstić information content (AvgIpc) is 2.07. The second-order valence-electron chi connectivity index (χ2n) is 4.20. The molecule has 0 aromatic rings. The predicted octanol–water partition coefficient (Wildman–Crippen LogP) is 1.57. The van der Waals surface area contributed by atoms with Crippen LogP contribution >= 0.6 is 0 Å². The smallest absolute Gasteiger partial charge is 0.151 e. The number of hydrogen-bond donors (Lipinski definition) is 0. The van der Waals surface area contributed by atoms with Gasteiger partial charge in [-0.05, 0) is 18.8 Å². The van der Waals surface area contributed by atoms with Crippen molar-refractivity contribution in [1.29, 1.82) is 0 Å². The first-order chi connectivity index (χ1) is 6.45. The van der Waals surface area contributed by atoms with E-state index in [1.165, 1.54) is 6.26 Å². The molecule has 0 N–H and O–H groups in total. The van der Waals surface area contributed by atoms with Gasteiger partial charge in [-0.15, -0.1) is 0 Å². The highest BCUT2D eigenvalue weighted by molar-refractivity contribution is 7.91. The maximum Gasteiger partial charge on any atom is 0.151 e. The summed E-state index contributed by atoms with van der Waals surface area (Å²) in [6.07, 6.45) is 4.72. The standard InChI is InChI=1S/C10H18O3S/c1-3-4-8-5-6-9(11)7-10(8)14(2,12)13/h8,10H,3-7H2,1-2H3. The first kappa shape index (κ1) is 11.7. The molecule has 1 fully saturated rings. The first-order valence-electron chi connectivity index (χ1n) is 5.15. The molecule has 0 aromatic carbocycles. The second-order valence-corrected chi connectivity index (χ2v) is 6.46. The molecule has 0 bridgehead atoms. The van der Waals surface area contributed by atoms with Crippen molar-refractivity contribution in [3.05, 3.63) is 0 Å². The zero-order valence-electron chi connectivity index (χ0n) is 8.82. The zero-order chi connectivity index (χ0) is 10.8. The highest BCUT2D eigenvalue weighted by Crippen LogP contribution is 2.30. The number of Topliss-reactive ketones (excluding diaryl/α,β-unsaturated/α-hetero) is 1. The van der Waals surface area contributed by atoms with Crippen molar-refractivity contribution in [2.75, 3.05) is 6.26 Å². The molecule has 82 valence electrons. The Morgan fingerprint density at radius 3 is 2.57 bits per heavy atom. The maximum absolute atomic E-state index is 11.5. The van der Waals surface area contributed by atoms with E-state index in [0.29, 0.717) is 6.42 Å². The topological polar surface area (TPSA) is 51.2 Å². The Bertz CT molecular complexity index is 305. The molecule has 1 aliphatic carbocycles. The molecule has 3 nitrogen and oxygen atoms in total. The van der Waals surface area contributed by atoms with Gasteiger partial charge in [0.15, 0.2) is 9.84 Å². The van der Waals surface area contributed by atoms with Crippen LogP contribution in [0.5, 0.6) is 0 Å². The van der Waals surface area contributed by atoms with Gasteiger partial charge >= 0.3 is 0 Å². The Morgan fingerprint density at radius 1 is 1.43 bits per heavy atom. The summed E-state index contributed by atoms with van der Waals surface area (Å²) in [6.45, 7) is 2.05. The zero-order valence-corrected chi connectivity index (χ0v) is 9.64. The number of ketones is 1. The molecular formula is C10H18O3S. The number of sulfone groups is 1. The molecule has 1 aliphatic rings. The lowest BCUT2D eigenvalue weighted by Gasteiger charge is -2.29. The minimum Gasteiger partial charge on any atom is -0.300 e. The van der Waals surface area contributed by atoms with Gasteiger partial charge in [-0.1, -0.05) is 13.3 Å². The quantitative estimate of drug-likeness (QED) is 0.722. The van der Waals surface area contributed by atoms with Crippen LogP contribution in [0.15, 0.2) is 0 Å². The fourth-order valence-corrected chi connectivity index (χ4v) is 3.69. The molecule has 0 amide bonds. The fraction of sp³-hybridized carbons (Fsp3) is 0.900. The maximum atomic E-state index is 11.5. The molecule has 0 heterocycles. The van der Waals surface area contributed by atoms with Crippen LogP contribution in [-0.2, 0) is 14.6 Å². The lowest BCUT2D eigenvalue weighted by molar-refractivity contribution is -0.120. The van der Waals surface area contributed by atoms with E-state index in [1.54, 1.807) is 0 Å². The van der Waals surface area contributed by atoms with Gasteiger partial charge in [0.25, 0.3) is 0 Å². The van der Waals surface area contributed by atoms with E-state index in [9.17, 15) is 13.2 Å². The van der Waals surface area contributed by atoms with E-state index in [4.69, 9.17) is 0 Å². The number of hydrogen-bond acceptors (Lipinski definition) is 3. The van der Waals surface area contributed by atoms with E-state index in [0.717, 1.165) is 19.3 Å². The Kier molecular flexibility index (Phi) is 3.70. The molecule has 2 atom stereocenters. The van der Waals surface area contributed by atoms with Crippen molar-refractivity contribution in [3.63, 3.8) is 0 Å². The minimum absolute atomic E-state index is 0.104. The summed E-state index contributed by atoms with van der Waals surface area (Å²) in [7, 11) is -3.05. The van der Waals surface area contributed by atoms with Crippen molar-refractivity contribution >= 4 is 15.6 Å². The van der Waals surface area contributed by atoms with Crippen molar-refractivity contribution in [2.45, 2.75) is 44.3 Å². The SMILES string of the molecule is CCCC1CCC(=O)CC1S(C)(=O)=O. The van der Waals surface area contributed by atoms with Gasteiger partial charge in [0.2, 0.25) is 0 Å². The van der Waals surface area contributed by atoms with E-state index in [2.05, 4.69) is 6.92 Å². The van der Waals surface area contributed by atoms with E-state index >= 15 is 0 Å². The third-order valence-corrected chi connectivity index (χ3v) is 4.61. The van der Waals surface area contributed by atoms with E-state index in [-0.39, 0.29) is 18.1 Å². The van der Waals surface area contributed by atoms with Crippen molar-refractivity contribution in [1.82, 2.24) is 0 Å². The van der Waals surface area contributed by atoms with Gasteiger partial charge in [-0.2, -0.15) is 0 Å². The van der Waals surface area contributed by atoms with Gasteiger partial charge < -0.3 is 0 Å². The van der Waals surface area contributed by atoms with Crippen molar-refractivity contribution in [3.8, 4) is 0 Å². The fourth-order valence-electron chi connectivity index (χ4n) is 2.23. The summed E-state index contributed by atoms with van der Waals surface area (Å²) in [5.41, 5.74) is 0. The number of carbonyl (C=O) groups excluding carboxylic acids is 1. The van der Waals surface area contributed by atoms with Crippen LogP contribution in [0.2, 0.25) is 0 Å². The molecule has 2 unspecified atom stereocenters. The molecule has 1 rings (SSSR count). The van der Waals surface area contributed by atoms with E-state index < -0.39 is 15.1 Å². The lowest BCUT2D eigenvalue weighted by Crippen LogP contribution is -2.35. The van der Waals surface area contributed by atoms with Crippen LogP contribution in [0.25, 0.3) is 0 Å². The minimum atomic E-state index is -3.05. The molecule has 1 saturated carbocycles. The van der Waals surface area contributed by atoms with Crippen LogP contribution < -0.4 is 0 Å². The largest absolute Gasteiger partial charge is 0.300 e. The second kappa shape index (κ2) is 4.43. The summed E-state index contributed by atoms with van der Waals surface area (Å²) in [4.78, 5) is 11.2. The third-order valence-electron chi connectivity index (χ3n) is 2.96. The molecule has 14 heavy (non-hydrogen) atoms. The summed E-state index contributed by atoms with van der Waals surface area (Å²) in [5, 5.41) is -0.413. The van der Waals surface area contributed by atoms with E-state index in [1.807, 2.05) is 0 Å². The Hall–Kier alpha value is -0.380. The molecule has 4 heteroatoms. The molecule has 0 aliphatic heterocycles. The molecular weight excluding hydrogens is 200 g/mol. The monoisotopic (exact) mass is 218 g/mol. The normalized spacial score (nSPS) is 29.1. The van der Waals surface area contributed by atoms with Gasteiger partial charge in [0, 0.05) is 19.1 Å². The Morgan fingerprint density at radius 2 is 2.07 bits per heavy atom. The van der Waals surface area contributed by atoms with Crippen LogP contribution in [-0.4, -0.2) is 25.7 Å². The van der Waals surface area contributed by atoms with Gasteiger partial charge in [0.1, 0.15) is 5.78 Å². The predicted molar refractivity (Wildman–Crippen MR) is 55.9 cm³/mol. The van der Waals surface area contributed by atoms with Crippen LogP contribution in [0.1, 0.15) is 39.0 Å². The number of carbonyl (C=O) groups is 1. The highest BCUT2D eigenvalue weighted by Gasteiger charge is 2.35. The summed E-state index contributed by atoms with van der Waals surface area (Å²) in [5.74, 6) is 0.306. The van der Waals surface area contributed by atoms with Gasteiger partial charge in [0.05, 0.1) is 5.25 Å². The molecule has 0 radical (unpaired) electrons. The Balaban J connectivity index is 2.79. The summed E-state index contributed by atoms with van der Waals surface area (Å²) in [6, 6.07) is 0. The third kappa shape index (κ3) is 2.80. The van der Waals surface area contributed by atoms with Crippen molar-refractivity contribution in [2.24, 2.45) is 5.92 Å². The highest BCUT2D eigenvalue weighted by atomic mass is 32.2. The first-order valence-corrected chi connectivity index (χ1v) is 7.11. The summed E-state index contributed by atoms with van der Waals surface area (Å²) >= 11 is 0. The summed E-state index contributed by atoms with van der Waals surface area (Å²) < 4.78 is 22.9. The van der Waals surface area contributed by atoms with Gasteiger partial charge in [-0.25, -0.2) is 8.42 Å². The van der Waals surface area contributed by atoms with Crippen molar-refractivity contribution < 1.29 is 13.2 Å².